The predicted octanol–water partition coefficient (Wildman–Crippen LogP) is 3.44. The van der Waals surface area contributed by atoms with E-state index in [1.54, 1.807) is 0 Å². The number of anilines is 1. The third-order valence-corrected chi connectivity index (χ3v) is 4.38. The number of benzene rings is 1. The van der Waals surface area contributed by atoms with E-state index in [2.05, 4.69) is 11.8 Å². The molecule has 106 valence electrons. The first-order valence-electron chi connectivity index (χ1n) is 7.62. The van der Waals surface area contributed by atoms with Crippen LogP contribution in [0.2, 0.25) is 0 Å². The maximum absolute atomic E-state index is 6.15. The predicted molar refractivity (Wildman–Crippen MR) is 84.4 cm³/mol. The summed E-state index contributed by atoms with van der Waals surface area (Å²) in [5.41, 5.74) is 9.08. The van der Waals surface area contributed by atoms with Gasteiger partial charge in [0.15, 0.2) is 0 Å². The fourth-order valence-corrected chi connectivity index (χ4v) is 2.92. The summed E-state index contributed by atoms with van der Waals surface area (Å²) in [5.74, 6) is 0.896. The molecular weight excluding hydrogens is 246 g/mol. The summed E-state index contributed by atoms with van der Waals surface area (Å²) in [7, 11) is 0. The van der Waals surface area contributed by atoms with Crippen LogP contribution in [0, 0.1) is 5.92 Å². The third kappa shape index (κ3) is 2.78. The summed E-state index contributed by atoms with van der Waals surface area (Å²) in [6, 6.07) is 10.1. The Morgan fingerprint density at radius 1 is 1.30 bits per heavy atom. The fourth-order valence-electron chi connectivity index (χ4n) is 2.92. The lowest BCUT2D eigenvalue weighted by Gasteiger charge is -2.31. The van der Waals surface area contributed by atoms with Gasteiger partial charge in [-0.25, -0.2) is 0 Å². The lowest BCUT2D eigenvalue weighted by molar-refractivity contribution is 0.177. The first kappa shape index (κ1) is 13.4. The number of nitrogens with two attached hydrogens (primary N) is 1. The van der Waals surface area contributed by atoms with Crippen LogP contribution in [0.5, 0.6) is 0 Å². The van der Waals surface area contributed by atoms with E-state index in [1.807, 2.05) is 30.3 Å². The molecule has 2 aromatic rings. The summed E-state index contributed by atoms with van der Waals surface area (Å²) in [4.78, 5) is 7.24. The largest absolute Gasteiger partial charge is 0.398 e. The van der Waals surface area contributed by atoms with E-state index in [4.69, 9.17) is 10.7 Å². The van der Waals surface area contributed by atoms with Crippen LogP contribution in [0.25, 0.3) is 10.9 Å². The fraction of sp³-hybridized carbons (Fsp3) is 0.471. The molecule has 0 atom stereocenters. The number of nitrogens with zero attached hydrogens (tertiary/aromatic N) is 2. The Labute approximate surface area is 120 Å². The van der Waals surface area contributed by atoms with Gasteiger partial charge in [-0.05, 0) is 37.4 Å². The number of pyridine rings is 1. The molecule has 1 saturated carbocycles. The van der Waals surface area contributed by atoms with E-state index in [1.165, 1.54) is 25.8 Å². The number of hydrogen-bond donors (Lipinski definition) is 1. The number of nitrogen functional groups attached to an aromatic ring is 1. The molecule has 2 N–H and O–H groups in total. The van der Waals surface area contributed by atoms with Crippen molar-refractivity contribution in [2.24, 2.45) is 5.92 Å². The maximum atomic E-state index is 6.15. The summed E-state index contributed by atoms with van der Waals surface area (Å²) in [6.45, 7) is 5.40. The molecule has 0 amide bonds. The van der Waals surface area contributed by atoms with E-state index in [0.29, 0.717) is 0 Å². The number of rotatable bonds is 5. The number of fused-ring (bicyclic) bond motifs is 1. The summed E-state index contributed by atoms with van der Waals surface area (Å²) >= 11 is 0. The van der Waals surface area contributed by atoms with Crippen LogP contribution in [-0.4, -0.2) is 23.0 Å². The molecule has 0 aliphatic heterocycles. The van der Waals surface area contributed by atoms with Gasteiger partial charge < -0.3 is 5.73 Å². The first-order valence-corrected chi connectivity index (χ1v) is 7.62. The molecule has 0 bridgehead atoms. The van der Waals surface area contributed by atoms with Crippen LogP contribution >= 0.6 is 0 Å². The van der Waals surface area contributed by atoms with Gasteiger partial charge in [-0.1, -0.05) is 31.5 Å². The van der Waals surface area contributed by atoms with Gasteiger partial charge in [0.25, 0.3) is 0 Å². The van der Waals surface area contributed by atoms with E-state index in [9.17, 15) is 0 Å². The smallest absolute Gasteiger partial charge is 0.0726 e. The van der Waals surface area contributed by atoms with E-state index >= 15 is 0 Å². The Hall–Kier alpha value is -1.61. The lowest BCUT2D eigenvalue weighted by Crippen LogP contribution is -2.32. The van der Waals surface area contributed by atoms with Crippen molar-refractivity contribution < 1.29 is 0 Å². The zero-order chi connectivity index (χ0) is 13.9. The Balaban J connectivity index is 1.78. The normalized spacial score (nSPS) is 15.7. The van der Waals surface area contributed by atoms with Gasteiger partial charge in [0.1, 0.15) is 0 Å². The average molecular weight is 269 g/mol. The monoisotopic (exact) mass is 269 g/mol. The van der Waals surface area contributed by atoms with Crippen molar-refractivity contribution in [1.29, 1.82) is 0 Å². The Morgan fingerprint density at radius 3 is 2.80 bits per heavy atom. The van der Waals surface area contributed by atoms with Crippen molar-refractivity contribution in [2.75, 3.05) is 18.8 Å². The summed E-state index contributed by atoms with van der Waals surface area (Å²) in [5, 5.41) is 1.05. The highest BCUT2D eigenvalue weighted by molar-refractivity contribution is 5.90. The van der Waals surface area contributed by atoms with E-state index in [0.717, 1.165) is 41.3 Å². The average Bonchev–Trinajstić information content (AvgIpc) is 2.41. The highest BCUT2D eigenvalue weighted by atomic mass is 15.1. The van der Waals surface area contributed by atoms with Crippen LogP contribution in [0.15, 0.2) is 30.3 Å². The first-order chi connectivity index (χ1) is 9.76. The second kappa shape index (κ2) is 5.80. The van der Waals surface area contributed by atoms with Crippen LogP contribution in [0.1, 0.15) is 31.9 Å². The number of hydrogen-bond acceptors (Lipinski definition) is 3. The Morgan fingerprint density at radius 2 is 2.10 bits per heavy atom. The van der Waals surface area contributed by atoms with E-state index < -0.39 is 0 Å². The van der Waals surface area contributed by atoms with Crippen molar-refractivity contribution in [1.82, 2.24) is 9.88 Å². The van der Waals surface area contributed by atoms with Gasteiger partial charge in [-0.15, -0.1) is 0 Å². The van der Waals surface area contributed by atoms with Crippen molar-refractivity contribution in [3.05, 3.63) is 36.0 Å². The van der Waals surface area contributed by atoms with Gasteiger partial charge >= 0.3 is 0 Å². The second-order valence-corrected chi connectivity index (χ2v) is 5.84. The Bertz CT molecular complexity index is 590. The molecule has 3 nitrogen and oxygen atoms in total. The molecule has 1 fully saturated rings. The zero-order valence-electron chi connectivity index (χ0n) is 12.2. The minimum absolute atomic E-state index is 0.838. The molecule has 1 heterocycles. The topological polar surface area (TPSA) is 42.1 Å². The maximum Gasteiger partial charge on any atom is 0.0726 e. The molecule has 0 spiro atoms. The van der Waals surface area contributed by atoms with E-state index in [-0.39, 0.29) is 0 Å². The SMILES string of the molecule is CCN(Cc1cc(N)c2ccccc2n1)CC1CCC1. The summed E-state index contributed by atoms with van der Waals surface area (Å²) < 4.78 is 0. The van der Waals surface area contributed by atoms with Crippen LogP contribution in [-0.2, 0) is 6.54 Å². The molecule has 3 heteroatoms. The molecule has 3 rings (SSSR count). The van der Waals surface area contributed by atoms with Crippen molar-refractivity contribution in [3.8, 4) is 0 Å². The second-order valence-electron chi connectivity index (χ2n) is 5.84. The van der Waals surface area contributed by atoms with Gasteiger partial charge in [0.05, 0.1) is 11.2 Å². The highest BCUT2D eigenvalue weighted by Crippen LogP contribution is 2.28. The van der Waals surface area contributed by atoms with Gasteiger partial charge in [-0.3, -0.25) is 9.88 Å². The zero-order valence-corrected chi connectivity index (χ0v) is 12.2. The summed E-state index contributed by atoms with van der Waals surface area (Å²) in [6.07, 6.45) is 4.19. The van der Waals surface area contributed by atoms with Gasteiger partial charge in [0, 0.05) is 24.2 Å². The van der Waals surface area contributed by atoms with Crippen molar-refractivity contribution in [2.45, 2.75) is 32.7 Å². The van der Waals surface area contributed by atoms with Crippen LogP contribution < -0.4 is 5.73 Å². The molecular formula is C17H23N3. The van der Waals surface area contributed by atoms with Crippen LogP contribution in [0.4, 0.5) is 5.69 Å². The third-order valence-electron chi connectivity index (χ3n) is 4.38. The standard InChI is InChI=1S/C17H23N3/c1-2-20(11-13-6-5-7-13)12-14-10-16(18)15-8-3-4-9-17(15)19-14/h3-4,8-10,13H,2,5-7,11-12H2,1H3,(H2,18,19). The molecule has 0 saturated heterocycles. The van der Waals surface area contributed by atoms with Crippen molar-refractivity contribution >= 4 is 16.6 Å². The Kier molecular flexibility index (Phi) is 3.88. The molecule has 1 aromatic heterocycles. The molecule has 0 radical (unpaired) electrons. The highest BCUT2D eigenvalue weighted by Gasteiger charge is 2.20. The minimum atomic E-state index is 0.838. The van der Waals surface area contributed by atoms with Crippen LogP contribution in [0.3, 0.4) is 0 Å². The lowest BCUT2D eigenvalue weighted by atomic mass is 9.85. The molecule has 20 heavy (non-hydrogen) atoms. The minimum Gasteiger partial charge on any atom is -0.398 e. The molecule has 1 aliphatic rings. The molecule has 0 unspecified atom stereocenters. The number of para-hydroxylation sites is 1. The van der Waals surface area contributed by atoms with Gasteiger partial charge in [-0.2, -0.15) is 0 Å². The molecule has 1 aromatic carbocycles. The van der Waals surface area contributed by atoms with Crippen molar-refractivity contribution in [3.63, 3.8) is 0 Å². The molecule has 1 aliphatic carbocycles. The quantitative estimate of drug-likeness (QED) is 0.904. The number of aromatic nitrogens is 1. The van der Waals surface area contributed by atoms with Gasteiger partial charge in [0.2, 0.25) is 0 Å².